The highest BCUT2D eigenvalue weighted by Crippen LogP contribution is 2.39. The molecule has 3 heterocycles. The fourth-order valence-corrected chi connectivity index (χ4v) is 3.22. The van der Waals surface area contributed by atoms with Crippen LogP contribution < -0.4 is 0 Å². The predicted molar refractivity (Wildman–Crippen MR) is 83.6 cm³/mol. The first-order valence-electron chi connectivity index (χ1n) is 8.51. The quantitative estimate of drug-likeness (QED) is 0.857. The van der Waals surface area contributed by atoms with Gasteiger partial charge in [0.15, 0.2) is 5.82 Å². The van der Waals surface area contributed by atoms with Crippen LogP contribution in [0.4, 0.5) is 0 Å². The minimum atomic E-state index is -0.370. The van der Waals surface area contributed by atoms with Gasteiger partial charge in [0.1, 0.15) is 11.8 Å². The van der Waals surface area contributed by atoms with Crippen LogP contribution in [0.15, 0.2) is 21.3 Å². The lowest BCUT2D eigenvalue weighted by atomic mass is 10.1. The van der Waals surface area contributed by atoms with Crippen molar-refractivity contribution in [2.45, 2.75) is 51.2 Å². The molecule has 128 valence electrons. The van der Waals surface area contributed by atoms with Crippen molar-refractivity contribution in [2.24, 2.45) is 0 Å². The third-order valence-electron chi connectivity index (χ3n) is 4.70. The number of morpholine rings is 1. The molecule has 2 fully saturated rings. The van der Waals surface area contributed by atoms with Gasteiger partial charge in [-0.25, -0.2) is 0 Å². The normalized spacial score (nSPS) is 24.3. The second kappa shape index (κ2) is 6.05. The van der Waals surface area contributed by atoms with Gasteiger partial charge >= 0.3 is 0 Å². The SMILES string of the molecule is CCc1occc1C(=O)N1CCO[C@H](C)[C@H]1c1nc(C2CC2)no1. The summed E-state index contributed by atoms with van der Waals surface area (Å²) in [6, 6.07) is 1.35. The van der Waals surface area contributed by atoms with Crippen molar-refractivity contribution in [1.29, 1.82) is 0 Å². The fourth-order valence-electron chi connectivity index (χ4n) is 3.22. The van der Waals surface area contributed by atoms with E-state index in [0.29, 0.717) is 42.7 Å². The van der Waals surface area contributed by atoms with Crippen LogP contribution in [-0.2, 0) is 11.2 Å². The van der Waals surface area contributed by atoms with E-state index < -0.39 is 0 Å². The molecular formula is C17H21N3O4. The lowest BCUT2D eigenvalue weighted by molar-refractivity contribution is -0.0601. The van der Waals surface area contributed by atoms with Gasteiger partial charge in [0, 0.05) is 18.9 Å². The average molecular weight is 331 g/mol. The molecule has 2 aromatic rings. The highest BCUT2D eigenvalue weighted by atomic mass is 16.5. The van der Waals surface area contributed by atoms with Gasteiger partial charge < -0.3 is 18.6 Å². The highest BCUT2D eigenvalue weighted by Gasteiger charge is 2.40. The summed E-state index contributed by atoms with van der Waals surface area (Å²) >= 11 is 0. The number of aryl methyl sites for hydroxylation is 1. The Labute approximate surface area is 140 Å². The Bertz CT molecular complexity index is 734. The molecule has 24 heavy (non-hydrogen) atoms. The van der Waals surface area contributed by atoms with Crippen LogP contribution in [0.1, 0.15) is 66.5 Å². The van der Waals surface area contributed by atoms with Crippen molar-refractivity contribution in [1.82, 2.24) is 15.0 Å². The molecular weight excluding hydrogens is 310 g/mol. The summed E-state index contributed by atoms with van der Waals surface area (Å²) in [6.45, 7) is 4.88. The third-order valence-corrected chi connectivity index (χ3v) is 4.70. The van der Waals surface area contributed by atoms with Crippen molar-refractivity contribution >= 4 is 5.91 Å². The molecule has 7 nitrogen and oxygen atoms in total. The van der Waals surface area contributed by atoms with Crippen LogP contribution >= 0.6 is 0 Å². The van der Waals surface area contributed by atoms with Crippen molar-refractivity contribution in [3.8, 4) is 0 Å². The predicted octanol–water partition coefficient (Wildman–Crippen LogP) is 2.70. The Morgan fingerprint density at radius 3 is 3.00 bits per heavy atom. The molecule has 2 atom stereocenters. The van der Waals surface area contributed by atoms with Gasteiger partial charge in [0.25, 0.3) is 11.8 Å². The van der Waals surface area contributed by atoms with Gasteiger partial charge in [-0.05, 0) is 25.8 Å². The smallest absolute Gasteiger partial charge is 0.258 e. The van der Waals surface area contributed by atoms with Crippen LogP contribution in [0.5, 0.6) is 0 Å². The van der Waals surface area contributed by atoms with Crippen LogP contribution in [0.2, 0.25) is 0 Å². The summed E-state index contributed by atoms with van der Waals surface area (Å²) in [6.07, 6.45) is 4.24. The molecule has 4 rings (SSSR count). The largest absolute Gasteiger partial charge is 0.469 e. The molecule has 1 saturated carbocycles. The van der Waals surface area contributed by atoms with Crippen molar-refractivity contribution in [2.75, 3.05) is 13.2 Å². The van der Waals surface area contributed by atoms with Crippen LogP contribution in [0.25, 0.3) is 0 Å². The van der Waals surface area contributed by atoms with Crippen LogP contribution in [-0.4, -0.2) is 40.2 Å². The Kier molecular flexibility index (Phi) is 3.88. The molecule has 0 radical (unpaired) electrons. The van der Waals surface area contributed by atoms with Gasteiger partial charge in [-0.15, -0.1) is 0 Å². The standard InChI is InChI=1S/C17H21N3O4/c1-3-13-12(6-8-23-13)17(21)20-7-9-22-10(2)14(20)16-18-15(19-24-16)11-4-5-11/h6,8,10-11,14H,3-5,7,9H2,1-2H3/t10-,14+/m1/s1. The van der Waals surface area contributed by atoms with E-state index in [1.807, 2.05) is 13.8 Å². The van der Waals surface area contributed by atoms with Crippen LogP contribution in [0, 0.1) is 0 Å². The maximum Gasteiger partial charge on any atom is 0.258 e. The molecule has 1 aliphatic carbocycles. The summed E-state index contributed by atoms with van der Waals surface area (Å²) in [5.74, 6) is 2.23. The molecule has 0 unspecified atom stereocenters. The van der Waals surface area contributed by atoms with Gasteiger partial charge in [0.2, 0.25) is 0 Å². The lowest BCUT2D eigenvalue weighted by Crippen LogP contribution is -2.47. The molecule has 7 heteroatoms. The van der Waals surface area contributed by atoms with E-state index in [1.54, 1.807) is 17.2 Å². The minimum absolute atomic E-state index is 0.0769. The van der Waals surface area contributed by atoms with E-state index in [9.17, 15) is 4.79 Å². The molecule has 0 aromatic carbocycles. The number of amides is 1. The number of aromatic nitrogens is 2. The molecule has 2 aliphatic rings. The van der Waals surface area contributed by atoms with Gasteiger partial charge in [-0.2, -0.15) is 4.98 Å². The Morgan fingerprint density at radius 1 is 1.42 bits per heavy atom. The molecule has 1 amide bonds. The van der Waals surface area contributed by atoms with Gasteiger partial charge in [-0.3, -0.25) is 4.79 Å². The fraction of sp³-hybridized carbons (Fsp3) is 0.588. The summed E-state index contributed by atoms with van der Waals surface area (Å²) in [5, 5.41) is 4.08. The number of furan rings is 1. The van der Waals surface area contributed by atoms with E-state index in [1.165, 1.54) is 0 Å². The number of nitrogens with zero attached hydrogens (tertiary/aromatic N) is 3. The van der Waals surface area contributed by atoms with E-state index >= 15 is 0 Å². The number of ether oxygens (including phenoxy) is 1. The van der Waals surface area contributed by atoms with E-state index in [-0.39, 0.29) is 18.1 Å². The zero-order valence-electron chi connectivity index (χ0n) is 13.9. The number of carbonyl (C=O) groups excluding carboxylic acids is 1. The summed E-state index contributed by atoms with van der Waals surface area (Å²) < 4.78 is 16.6. The highest BCUT2D eigenvalue weighted by molar-refractivity contribution is 5.95. The topological polar surface area (TPSA) is 81.6 Å². The third kappa shape index (κ3) is 2.62. The first-order valence-corrected chi connectivity index (χ1v) is 8.51. The van der Waals surface area contributed by atoms with E-state index in [4.69, 9.17) is 13.7 Å². The summed E-state index contributed by atoms with van der Waals surface area (Å²) in [7, 11) is 0. The lowest BCUT2D eigenvalue weighted by Gasteiger charge is -2.37. The van der Waals surface area contributed by atoms with E-state index in [2.05, 4.69) is 10.1 Å². The van der Waals surface area contributed by atoms with Crippen LogP contribution in [0.3, 0.4) is 0 Å². The number of hydrogen-bond donors (Lipinski definition) is 0. The molecule has 0 spiro atoms. The second-order valence-corrected chi connectivity index (χ2v) is 6.40. The molecule has 1 saturated heterocycles. The first-order chi connectivity index (χ1) is 11.7. The molecule has 0 bridgehead atoms. The molecule has 2 aromatic heterocycles. The van der Waals surface area contributed by atoms with Crippen molar-refractivity contribution < 1.29 is 18.5 Å². The Balaban J connectivity index is 1.64. The zero-order valence-corrected chi connectivity index (χ0v) is 13.9. The summed E-state index contributed by atoms with van der Waals surface area (Å²) in [4.78, 5) is 19.3. The maximum atomic E-state index is 13.0. The number of rotatable bonds is 4. The summed E-state index contributed by atoms with van der Waals surface area (Å²) in [5.41, 5.74) is 0.596. The first kappa shape index (κ1) is 15.4. The minimum Gasteiger partial charge on any atom is -0.469 e. The van der Waals surface area contributed by atoms with Crippen molar-refractivity contribution in [3.05, 3.63) is 35.4 Å². The van der Waals surface area contributed by atoms with E-state index in [0.717, 1.165) is 18.7 Å². The Hall–Kier alpha value is -2.15. The number of hydrogen-bond acceptors (Lipinski definition) is 6. The maximum absolute atomic E-state index is 13.0. The Morgan fingerprint density at radius 2 is 2.25 bits per heavy atom. The van der Waals surface area contributed by atoms with Gasteiger partial charge in [-0.1, -0.05) is 12.1 Å². The monoisotopic (exact) mass is 331 g/mol. The second-order valence-electron chi connectivity index (χ2n) is 6.40. The molecule has 0 N–H and O–H groups in total. The zero-order chi connectivity index (χ0) is 16.7. The number of carbonyl (C=O) groups is 1. The van der Waals surface area contributed by atoms with Crippen molar-refractivity contribution in [3.63, 3.8) is 0 Å². The molecule has 1 aliphatic heterocycles. The average Bonchev–Trinajstić information content (AvgIpc) is 3.14. The van der Waals surface area contributed by atoms with Gasteiger partial charge in [0.05, 0.1) is 24.5 Å².